The van der Waals surface area contributed by atoms with Gasteiger partial charge >= 0.3 is 0 Å². The van der Waals surface area contributed by atoms with Gasteiger partial charge in [0.25, 0.3) is 0 Å². The smallest absolute Gasteiger partial charge is 0.225 e. The van der Waals surface area contributed by atoms with Crippen LogP contribution in [-0.4, -0.2) is 22.6 Å². The Balaban J connectivity index is 1.88. The van der Waals surface area contributed by atoms with Gasteiger partial charge in [0.15, 0.2) is 0 Å². The van der Waals surface area contributed by atoms with E-state index in [2.05, 4.69) is 46.6 Å². The fraction of sp³-hybridized carbons (Fsp3) is 0.412. The molecule has 0 atom stereocenters. The normalized spacial score (nSPS) is 14.2. The lowest BCUT2D eigenvalue weighted by Crippen LogP contribution is -2.12. The van der Waals surface area contributed by atoms with Gasteiger partial charge in [-0.25, -0.2) is 4.98 Å². The van der Waals surface area contributed by atoms with Crippen LogP contribution in [0, 0.1) is 5.92 Å². The molecule has 0 spiro atoms. The van der Waals surface area contributed by atoms with Crippen LogP contribution in [0.4, 0.5) is 11.8 Å². The third-order valence-electron chi connectivity index (χ3n) is 3.40. The standard InChI is InChI=1S/C17H22N4/c1-12(2)11-18-16-10-15(13-6-4-3-5-7-13)20-17(21-16)19-14-8-9-14/h3-7,10,12,14H,8-9,11H2,1-2H3,(H2,18,19,20,21). The van der Waals surface area contributed by atoms with E-state index >= 15 is 0 Å². The summed E-state index contributed by atoms with van der Waals surface area (Å²) in [5, 5.41) is 6.79. The molecule has 2 N–H and O–H groups in total. The van der Waals surface area contributed by atoms with Crippen LogP contribution in [0.25, 0.3) is 11.3 Å². The van der Waals surface area contributed by atoms with Crippen LogP contribution in [0.5, 0.6) is 0 Å². The summed E-state index contributed by atoms with van der Waals surface area (Å²) in [6.07, 6.45) is 2.43. The van der Waals surface area contributed by atoms with Crippen molar-refractivity contribution < 1.29 is 0 Å². The Morgan fingerprint density at radius 3 is 2.57 bits per heavy atom. The van der Waals surface area contributed by atoms with E-state index in [1.165, 1.54) is 12.8 Å². The van der Waals surface area contributed by atoms with Gasteiger partial charge in [0.1, 0.15) is 5.82 Å². The molecule has 0 unspecified atom stereocenters. The Labute approximate surface area is 126 Å². The molecule has 1 aliphatic carbocycles. The van der Waals surface area contributed by atoms with Crippen molar-refractivity contribution >= 4 is 11.8 Å². The molecule has 0 aliphatic heterocycles. The van der Waals surface area contributed by atoms with Crippen LogP contribution in [0.2, 0.25) is 0 Å². The van der Waals surface area contributed by atoms with Gasteiger partial charge in [0.05, 0.1) is 5.69 Å². The number of hydrogen-bond donors (Lipinski definition) is 2. The lowest BCUT2D eigenvalue weighted by molar-refractivity contribution is 0.687. The second-order valence-electron chi connectivity index (χ2n) is 6.02. The molecule has 0 radical (unpaired) electrons. The average Bonchev–Trinajstić information content (AvgIpc) is 3.30. The van der Waals surface area contributed by atoms with Gasteiger partial charge in [-0.15, -0.1) is 0 Å². The first-order valence-electron chi connectivity index (χ1n) is 7.65. The van der Waals surface area contributed by atoms with E-state index in [4.69, 9.17) is 0 Å². The van der Waals surface area contributed by atoms with Crippen molar-refractivity contribution in [1.82, 2.24) is 9.97 Å². The zero-order valence-corrected chi connectivity index (χ0v) is 12.6. The third-order valence-corrected chi connectivity index (χ3v) is 3.40. The second-order valence-corrected chi connectivity index (χ2v) is 6.02. The summed E-state index contributed by atoms with van der Waals surface area (Å²) < 4.78 is 0. The molecule has 1 aromatic heterocycles. The summed E-state index contributed by atoms with van der Waals surface area (Å²) in [5.41, 5.74) is 2.08. The highest BCUT2D eigenvalue weighted by molar-refractivity contribution is 5.64. The largest absolute Gasteiger partial charge is 0.370 e. The highest BCUT2D eigenvalue weighted by Gasteiger charge is 2.22. The summed E-state index contributed by atoms with van der Waals surface area (Å²) in [4.78, 5) is 9.23. The number of rotatable bonds is 6. The zero-order valence-electron chi connectivity index (χ0n) is 12.6. The van der Waals surface area contributed by atoms with Gasteiger partial charge in [-0.05, 0) is 18.8 Å². The van der Waals surface area contributed by atoms with Crippen molar-refractivity contribution in [2.24, 2.45) is 5.92 Å². The minimum absolute atomic E-state index is 0.550. The third kappa shape index (κ3) is 3.94. The van der Waals surface area contributed by atoms with Gasteiger partial charge < -0.3 is 10.6 Å². The molecular formula is C17H22N4. The molecular weight excluding hydrogens is 260 g/mol. The molecule has 4 heteroatoms. The highest BCUT2D eigenvalue weighted by atomic mass is 15.2. The maximum absolute atomic E-state index is 4.65. The lowest BCUT2D eigenvalue weighted by Gasteiger charge is -2.12. The molecule has 1 fully saturated rings. The van der Waals surface area contributed by atoms with Crippen molar-refractivity contribution in [2.75, 3.05) is 17.2 Å². The number of nitrogens with zero attached hydrogens (tertiary/aromatic N) is 2. The maximum Gasteiger partial charge on any atom is 0.225 e. The molecule has 0 bridgehead atoms. The molecule has 1 aliphatic rings. The van der Waals surface area contributed by atoms with Gasteiger partial charge in [-0.2, -0.15) is 4.98 Å². The van der Waals surface area contributed by atoms with E-state index in [0.29, 0.717) is 12.0 Å². The van der Waals surface area contributed by atoms with E-state index in [1.54, 1.807) is 0 Å². The van der Waals surface area contributed by atoms with Crippen LogP contribution in [0.1, 0.15) is 26.7 Å². The predicted molar refractivity (Wildman–Crippen MR) is 87.4 cm³/mol. The van der Waals surface area contributed by atoms with Crippen molar-refractivity contribution in [3.05, 3.63) is 36.4 Å². The molecule has 4 nitrogen and oxygen atoms in total. The van der Waals surface area contributed by atoms with Crippen molar-refractivity contribution in [2.45, 2.75) is 32.7 Å². The SMILES string of the molecule is CC(C)CNc1cc(-c2ccccc2)nc(NC2CC2)n1. The molecule has 1 heterocycles. The van der Waals surface area contributed by atoms with Crippen LogP contribution >= 0.6 is 0 Å². The first-order chi connectivity index (χ1) is 10.2. The van der Waals surface area contributed by atoms with Crippen molar-refractivity contribution in [3.63, 3.8) is 0 Å². The van der Waals surface area contributed by atoms with E-state index < -0.39 is 0 Å². The Kier molecular flexibility index (Phi) is 4.04. The van der Waals surface area contributed by atoms with Crippen LogP contribution in [0.15, 0.2) is 36.4 Å². The van der Waals surface area contributed by atoms with Crippen molar-refractivity contribution in [3.8, 4) is 11.3 Å². The van der Waals surface area contributed by atoms with E-state index in [9.17, 15) is 0 Å². The van der Waals surface area contributed by atoms with E-state index in [1.807, 2.05) is 24.3 Å². The minimum atomic E-state index is 0.550. The Bertz CT molecular complexity index is 591. The molecule has 1 saturated carbocycles. The summed E-state index contributed by atoms with van der Waals surface area (Å²) in [7, 11) is 0. The van der Waals surface area contributed by atoms with Gasteiger partial charge in [0, 0.05) is 24.2 Å². The highest BCUT2D eigenvalue weighted by Crippen LogP contribution is 2.26. The van der Waals surface area contributed by atoms with Crippen molar-refractivity contribution in [1.29, 1.82) is 0 Å². The van der Waals surface area contributed by atoms with Gasteiger partial charge in [-0.1, -0.05) is 44.2 Å². The Hall–Kier alpha value is -2.10. The molecule has 110 valence electrons. The predicted octanol–water partition coefficient (Wildman–Crippen LogP) is 3.79. The van der Waals surface area contributed by atoms with Crippen LogP contribution < -0.4 is 10.6 Å². The van der Waals surface area contributed by atoms with E-state index in [-0.39, 0.29) is 0 Å². The molecule has 2 aromatic rings. The zero-order chi connectivity index (χ0) is 14.7. The summed E-state index contributed by atoms with van der Waals surface area (Å²) in [6, 6.07) is 12.8. The number of nitrogens with one attached hydrogen (secondary N) is 2. The number of anilines is 2. The fourth-order valence-corrected chi connectivity index (χ4v) is 2.08. The Morgan fingerprint density at radius 1 is 1.14 bits per heavy atom. The summed E-state index contributed by atoms with van der Waals surface area (Å²) >= 11 is 0. The number of benzene rings is 1. The van der Waals surface area contributed by atoms with Crippen LogP contribution in [0.3, 0.4) is 0 Å². The van der Waals surface area contributed by atoms with Gasteiger partial charge in [-0.3, -0.25) is 0 Å². The Morgan fingerprint density at radius 2 is 1.90 bits per heavy atom. The molecule has 3 rings (SSSR count). The molecule has 21 heavy (non-hydrogen) atoms. The second kappa shape index (κ2) is 6.12. The topological polar surface area (TPSA) is 49.8 Å². The molecule has 0 amide bonds. The van der Waals surface area contributed by atoms with Gasteiger partial charge in [0.2, 0.25) is 5.95 Å². The monoisotopic (exact) mass is 282 g/mol. The first-order valence-corrected chi connectivity index (χ1v) is 7.65. The number of aromatic nitrogens is 2. The summed E-state index contributed by atoms with van der Waals surface area (Å²) in [5.74, 6) is 2.20. The minimum Gasteiger partial charge on any atom is -0.370 e. The molecule has 1 aromatic carbocycles. The number of hydrogen-bond acceptors (Lipinski definition) is 4. The summed E-state index contributed by atoms with van der Waals surface area (Å²) in [6.45, 7) is 5.29. The molecule has 0 saturated heterocycles. The lowest BCUT2D eigenvalue weighted by atomic mass is 10.1. The maximum atomic E-state index is 4.65. The van der Waals surface area contributed by atoms with Crippen LogP contribution in [-0.2, 0) is 0 Å². The first kappa shape index (κ1) is 13.9. The van der Waals surface area contributed by atoms with E-state index in [0.717, 1.165) is 29.6 Å². The fourth-order valence-electron chi connectivity index (χ4n) is 2.08. The quantitative estimate of drug-likeness (QED) is 0.846. The average molecular weight is 282 g/mol.